The van der Waals surface area contributed by atoms with Crippen molar-refractivity contribution in [2.45, 2.75) is 19.3 Å². The highest BCUT2D eigenvalue weighted by Gasteiger charge is 2.14. The van der Waals surface area contributed by atoms with Crippen LogP contribution in [-0.4, -0.2) is 64.9 Å². The van der Waals surface area contributed by atoms with Crippen LogP contribution < -0.4 is 42.8 Å². The fraction of sp³-hybridized carbons (Fsp3) is 0.550. The minimum atomic E-state index is 0. The molecule has 3 aromatic heterocycles. The molecule has 0 fully saturated rings. The quantitative estimate of drug-likeness (QED) is 0.122. The third-order valence-corrected chi connectivity index (χ3v) is 5.28. The van der Waals surface area contributed by atoms with Crippen molar-refractivity contribution < 1.29 is 52.2 Å². The van der Waals surface area contributed by atoms with Gasteiger partial charge in [-0.2, -0.15) is 4.37 Å². The Morgan fingerprint density at radius 1 is 0.909 bits per heavy atom. The highest BCUT2D eigenvalue weighted by Crippen LogP contribution is 2.26. The Balaban J connectivity index is 0.00000385. The number of pyridine rings is 1. The van der Waals surface area contributed by atoms with Crippen LogP contribution in [0.2, 0.25) is 0 Å². The molecule has 3 rings (SSSR count). The maximum absolute atomic E-state index is 5.79. The molecule has 0 atom stereocenters. The third-order valence-electron chi connectivity index (χ3n) is 4.15. The lowest BCUT2D eigenvalue weighted by molar-refractivity contribution is -0.671. The van der Waals surface area contributed by atoms with Gasteiger partial charge in [0.1, 0.15) is 7.05 Å². The van der Waals surface area contributed by atoms with Crippen LogP contribution in [-0.2, 0) is 16.5 Å². The van der Waals surface area contributed by atoms with Gasteiger partial charge in [0, 0.05) is 56.9 Å². The Morgan fingerprint density at radius 2 is 1.61 bits per heavy atom. The monoisotopic (exact) mass is 609 g/mol. The summed E-state index contributed by atoms with van der Waals surface area (Å²) in [7, 11) is 3.50. The van der Waals surface area contributed by atoms with Gasteiger partial charge in [0.25, 0.3) is 11.1 Å². The second-order valence-corrected chi connectivity index (χ2v) is 7.95. The molecule has 0 saturated carbocycles. The van der Waals surface area contributed by atoms with E-state index >= 15 is 0 Å². The molecule has 0 aromatic carbocycles. The lowest BCUT2D eigenvalue weighted by atomic mass is 10.2. The Kier molecular flexibility index (Phi) is 13.4. The molecule has 0 radical (unpaired) electrons. The van der Waals surface area contributed by atoms with Crippen molar-refractivity contribution in [2.75, 3.05) is 46.8 Å². The fourth-order valence-corrected chi connectivity index (χ4v) is 3.68. The standard InChI is InChI=1S/C20H28N5O5S2.HI/c1-25-8-3-7-16(15-25)17-18(23-32-22-17)29-13-5-11-27-9-4-10-28-12-6-14-30-20-21-19(26-2)24-31-20;/h3,7-8,15H,4-6,9-14H2,1-2H3;1H/q+1;/p-1. The van der Waals surface area contributed by atoms with E-state index < -0.39 is 0 Å². The van der Waals surface area contributed by atoms with E-state index in [1.54, 1.807) is 0 Å². The lowest BCUT2D eigenvalue weighted by Gasteiger charge is -2.07. The van der Waals surface area contributed by atoms with Crippen molar-refractivity contribution in [2.24, 2.45) is 7.05 Å². The van der Waals surface area contributed by atoms with Gasteiger partial charge in [0.2, 0.25) is 0 Å². The number of halogens is 1. The summed E-state index contributed by atoms with van der Waals surface area (Å²) >= 11 is 2.33. The topological polar surface area (TPSA) is 102 Å². The van der Waals surface area contributed by atoms with Gasteiger partial charge in [-0.1, -0.05) is 0 Å². The number of nitrogens with zero attached hydrogens (tertiary/aromatic N) is 5. The zero-order valence-corrected chi connectivity index (χ0v) is 22.4. The van der Waals surface area contributed by atoms with Crippen molar-refractivity contribution in [3.8, 4) is 28.3 Å². The van der Waals surface area contributed by atoms with Crippen LogP contribution >= 0.6 is 23.3 Å². The summed E-state index contributed by atoms with van der Waals surface area (Å²) in [6.07, 6.45) is 6.39. The van der Waals surface area contributed by atoms with E-state index in [-0.39, 0.29) is 24.0 Å². The fourth-order valence-electron chi connectivity index (χ4n) is 2.64. The first-order valence-corrected chi connectivity index (χ1v) is 11.8. The molecule has 3 heterocycles. The SMILES string of the molecule is COc1nsc(OCCCOCCCOCCCOc2nsnc2-c2ccc[n+](C)c2)n1.[I-]. The van der Waals surface area contributed by atoms with Crippen LogP contribution in [0.5, 0.6) is 17.1 Å². The van der Waals surface area contributed by atoms with Crippen LogP contribution in [0.15, 0.2) is 24.5 Å². The van der Waals surface area contributed by atoms with E-state index in [4.69, 9.17) is 23.7 Å². The molecule has 0 aliphatic rings. The second kappa shape index (κ2) is 16.0. The summed E-state index contributed by atoms with van der Waals surface area (Å²) < 4.78 is 41.9. The van der Waals surface area contributed by atoms with Gasteiger partial charge >= 0.3 is 6.01 Å². The first kappa shape index (κ1) is 27.6. The molecule has 33 heavy (non-hydrogen) atoms. The van der Waals surface area contributed by atoms with Crippen molar-refractivity contribution >= 4 is 23.3 Å². The van der Waals surface area contributed by atoms with E-state index in [9.17, 15) is 0 Å². The van der Waals surface area contributed by atoms with Crippen molar-refractivity contribution in [1.29, 1.82) is 0 Å². The molecule has 0 N–H and O–H groups in total. The van der Waals surface area contributed by atoms with Gasteiger partial charge in [0.05, 0.1) is 37.6 Å². The summed E-state index contributed by atoms with van der Waals surface area (Å²) in [4.78, 5) is 4.04. The minimum Gasteiger partial charge on any atom is -1.00 e. The maximum atomic E-state index is 5.79. The molecule has 0 bridgehead atoms. The molecule has 13 heteroatoms. The van der Waals surface area contributed by atoms with E-state index in [2.05, 4.69) is 18.1 Å². The molecule has 10 nitrogen and oxygen atoms in total. The van der Waals surface area contributed by atoms with Gasteiger partial charge < -0.3 is 47.7 Å². The van der Waals surface area contributed by atoms with Crippen LogP contribution in [0, 0.1) is 0 Å². The van der Waals surface area contributed by atoms with Crippen molar-refractivity contribution in [3.05, 3.63) is 24.5 Å². The van der Waals surface area contributed by atoms with Crippen molar-refractivity contribution in [3.63, 3.8) is 0 Å². The van der Waals surface area contributed by atoms with E-state index in [1.807, 2.05) is 36.1 Å². The van der Waals surface area contributed by atoms with Gasteiger partial charge in [-0.05, 0) is 12.5 Å². The minimum absolute atomic E-state index is 0. The Morgan fingerprint density at radius 3 is 2.27 bits per heavy atom. The molecule has 0 aliphatic carbocycles. The van der Waals surface area contributed by atoms with E-state index in [0.29, 0.717) is 56.7 Å². The number of aryl methyl sites for hydroxylation is 1. The summed E-state index contributed by atoms with van der Waals surface area (Å²) in [5.41, 5.74) is 1.76. The number of rotatable bonds is 16. The Labute approximate surface area is 218 Å². The van der Waals surface area contributed by atoms with Gasteiger partial charge in [-0.15, -0.1) is 13.7 Å². The number of aromatic nitrogens is 5. The smallest absolute Gasteiger partial charge is 0.331 e. The Hall–Kier alpha value is -1.68. The zero-order chi connectivity index (χ0) is 22.4. The number of ether oxygens (including phenoxy) is 5. The predicted molar refractivity (Wildman–Crippen MR) is 119 cm³/mol. The largest absolute Gasteiger partial charge is 1.00 e. The molecule has 0 spiro atoms. The molecule has 182 valence electrons. The zero-order valence-electron chi connectivity index (χ0n) is 18.6. The van der Waals surface area contributed by atoms with E-state index in [1.165, 1.54) is 18.6 Å². The molecule has 0 saturated heterocycles. The van der Waals surface area contributed by atoms with Crippen LogP contribution in [0.4, 0.5) is 0 Å². The summed E-state index contributed by atoms with van der Waals surface area (Å²) in [5.74, 6) is 0.573. The van der Waals surface area contributed by atoms with Crippen molar-refractivity contribution in [1.82, 2.24) is 18.1 Å². The average molecular weight is 610 g/mol. The molecular formula is C20H28IN5O5S2. The van der Waals surface area contributed by atoms with E-state index in [0.717, 1.165) is 42.2 Å². The Bertz CT molecular complexity index is 930. The highest BCUT2D eigenvalue weighted by atomic mass is 127. The van der Waals surface area contributed by atoms with Crippen LogP contribution in [0.25, 0.3) is 11.3 Å². The van der Waals surface area contributed by atoms with Gasteiger partial charge in [0.15, 0.2) is 18.1 Å². The first-order valence-electron chi connectivity index (χ1n) is 10.3. The summed E-state index contributed by atoms with van der Waals surface area (Å²) in [6, 6.07) is 4.30. The number of hydrogen-bond acceptors (Lipinski definition) is 11. The summed E-state index contributed by atoms with van der Waals surface area (Å²) in [6.45, 7) is 3.65. The predicted octanol–water partition coefficient (Wildman–Crippen LogP) is -0.445. The number of methoxy groups -OCH3 is 1. The van der Waals surface area contributed by atoms with Crippen LogP contribution in [0.3, 0.4) is 0 Å². The normalized spacial score (nSPS) is 10.6. The molecule has 0 amide bonds. The molecular weight excluding hydrogens is 581 g/mol. The lowest BCUT2D eigenvalue weighted by Crippen LogP contribution is -3.00. The molecule has 3 aromatic rings. The second-order valence-electron chi connectivity index (χ2n) is 6.71. The molecule has 0 unspecified atom stereocenters. The van der Waals surface area contributed by atoms with Gasteiger partial charge in [-0.3, -0.25) is 0 Å². The average Bonchev–Trinajstić information content (AvgIpc) is 3.46. The molecule has 0 aliphatic heterocycles. The maximum Gasteiger partial charge on any atom is 0.331 e. The van der Waals surface area contributed by atoms with Gasteiger partial charge in [-0.25, -0.2) is 4.57 Å². The van der Waals surface area contributed by atoms with Crippen LogP contribution in [0.1, 0.15) is 19.3 Å². The third kappa shape index (κ3) is 10.00. The summed E-state index contributed by atoms with van der Waals surface area (Å²) in [5, 5.41) is 0.510. The number of hydrogen-bond donors (Lipinski definition) is 0. The highest BCUT2D eigenvalue weighted by molar-refractivity contribution is 7.07. The first-order chi connectivity index (χ1) is 15.8.